The van der Waals surface area contributed by atoms with Crippen molar-refractivity contribution >= 4 is 33.4 Å². The summed E-state index contributed by atoms with van der Waals surface area (Å²) in [7, 11) is -2.26. The molecule has 0 aliphatic rings. The van der Waals surface area contributed by atoms with Gasteiger partial charge in [0.2, 0.25) is 10.0 Å². The minimum atomic E-state index is -3.59. The Morgan fingerprint density at radius 1 is 1.21 bits per heavy atom. The summed E-state index contributed by atoms with van der Waals surface area (Å²) in [4.78, 5) is 13.4. The zero-order valence-electron chi connectivity index (χ0n) is 13.2. The fourth-order valence-corrected chi connectivity index (χ4v) is 3.48. The number of anilines is 1. The van der Waals surface area contributed by atoms with E-state index in [0.717, 1.165) is 10.6 Å². The van der Waals surface area contributed by atoms with E-state index >= 15 is 0 Å². The molecule has 0 bridgehead atoms. The molecule has 0 saturated heterocycles. The molecule has 0 radical (unpaired) electrons. The van der Waals surface area contributed by atoms with Crippen LogP contribution in [0.25, 0.3) is 0 Å². The van der Waals surface area contributed by atoms with Crippen LogP contribution in [-0.4, -0.2) is 27.1 Å². The van der Waals surface area contributed by atoms with Crippen molar-refractivity contribution < 1.29 is 13.2 Å². The number of carbonyl (C=O) groups excluding carboxylic acids is 1. The fourth-order valence-electron chi connectivity index (χ4n) is 1.96. The predicted molar refractivity (Wildman–Crippen MR) is 98.0 cm³/mol. The minimum absolute atomic E-state index is 0.0481. The fraction of sp³-hybridized carbons (Fsp3) is 0.118. The van der Waals surface area contributed by atoms with E-state index in [1.165, 1.54) is 25.2 Å². The van der Waals surface area contributed by atoms with E-state index in [2.05, 4.69) is 16.6 Å². The van der Waals surface area contributed by atoms with Gasteiger partial charge >= 0.3 is 0 Å². The molecule has 2 aromatic rings. The maximum Gasteiger partial charge on any atom is 0.255 e. The van der Waals surface area contributed by atoms with Crippen molar-refractivity contribution in [3.63, 3.8) is 0 Å². The smallest absolute Gasteiger partial charge is 0.255 e. The molecule has 24 heavy (non-hydrogen) atoms. The Morgan fingerprint density at radius 2 is 1.96 bits per heavy atom. The monoisotopic (exact) mass is 362 g/mol. The van der Waals surface area contributed by atoms with Crippen LogP contribution in [0.1, 0.15) is 10.4 Å². The lowest BCUT2D eigenvalue weighted by atomic mass is 10.2. The number of para-hydroxylation sites is 1. The second kappa shape index (κ2) is 8.14. The molecular weight excluding hydrogens is 344 g/mol. The molecule has 0 aromatic heterocycles. The Labute approximate surface area is 146 Å². The zero-order chi connectivity index (χ0) is 17.6. The number of thioether (sulfide) groups is 1. The largest absolute Gasteiger partial charge is 0.321 e. The van der Waals surface area contributed by atoms with E-state index < -0.39 is 10.0 Å². The van der Waals surface area contributed by atoms with Crippen LogP contribution in [0.4, 0.5) is 5.69 Å². The number of hydrogen-bond acceptors (Lipinski definition) is 4. The van der Waals surface area contributed by atoms with Crippen LogP contribution in [0, 0.1) is 0 Å². The second-order valence-corrected chi connectivity index (χ2v) is 7.73. The van der Waals surface area contributed by atoms with Gasteiger partial charge < -0.3 is 5.32 Å². The van der Waals surface area contributed by atoms with Crippen molar-refractivity contribution in [2.45, 2.75) is 9.79 Å². The minimum Gasteiger partial charge on any atom is -0.321 e. The molecule has 1 amide bonds. The van der Waals surface area contributed by atoms with Crippen LogP contribution >= 0.6 is 11.8 Å². The van der Waals surface area contributed by atoms with Gasteiger partial charge in [0.25, 0.3) is 5.91 Å². The van der Waals surface area contributed by atoms with Crippen molar-refractivity contribution in [2.75, 3.05) is 18.1 Å². The van der Waals surface area contributed by atoms with Crippen molar-refractivity contribution in [1.82, 2.24) is 4.72 Å². The summed E-state index contributed by atoms with van der Waals surface area (Å²) in [5.74, 6) is 0.359. The first-order chi connectivity index (χ1) is 11.5. The van der Waals surface area contributed by atoms with Crippen LogP contribution in [0.5, 0.6) is 0 Å². The third kappa shape index (κ3) is 4.47. The van der Waals surface area contributed by atoms with Crippen LogP contribution in [0.15, 0.2) is 71.0 Å². The number of hydrogen-bond donors (Lipinski definition) is 2. The molecule has 2 aromatic carbocycles. The van der Waals surface area contributed by atoms with Gasteiger partial charge in [0.15, 0.2) is 0 Å². The summed E-state index contributed by atoms with van der Waals surface area (Å²) in [6.07, 6.45) is 1.79. The highest BCUT2D eigenvalue weighted by Crippen LogP contribution is 2.27. The summed E-state index contributed by atoms with van der Waals surface area (Å²) < 4.78 is 25.9. The number of benzene rings is 2. The van der Waals surface area contributed by atoms with Gasteiger partial charge in [-0.15, -0.1) is 18.3 Å². The number of nitrogens with one attached hydrogen (secondary N) is 2. The van der Waals surface area contributed by atoms with Gasteiger partial charge in [-0.25, -0.2) is 13.1 Å². The molecule has 0 fully saturated rings. The Kier molecular flexibility index (Phi) is 6.19. The summed E-state index contributed by atoms with van der Waals surface area (Å²) in [5.41, 5.74) is 0.950. The van der Waals surface area contributed by atoms with Gasteiger partial charge in [0.1, 0.15) is 0 Å². The number of rotatable bonds is 7. The SMILES string of the molecule is C=CCSc1ccccc1NC(=O)c1cccc(S(=O)(=O)NC)c1. The normalized spacial score (nSPS) is 11.0. The van der Waals surface area contributed by atoms with E-state index in [4.69, 9.17) is 0 Å². The number of sulfonamides is 1. The first-order valence-electron chi connectivity index (χ1n) is 7.15. The van der Waals surface area contributed by atoms with Crippen LogP contribution in [0.2, 0.25) is 0 Å². The summed E-state index contributed by atoms with van der Waals surface area (Å²) in [5, 5.41) is 2.82. The van der Waals surface area contributed by atoms with E-state index in [1.54, 1.807) is 30.0 Å². The van der Waals surface area contributed by atoms with E-state index in [9.17, 15) is 13.2 Å². The first kappa shape index (κ1) is 18.3. The van der Waals surface area contributed by atoms with Gasteiger partial charge in [0, 0.05) is 16.2 Å². The van der Waals surface area contributed by atoms with Crippen LogP contribution in [-0.2, 0) is 10.0 Å². The highest BCUT2D eigenvalue weighted by molar-refractivity contribution is 7.99. The van der Waals surface area contributed by atoms with Gasteiger partial charge in [-0.2, -0.15) is 0 Å². The Hall–Kier alpha value is -2.09. The maximum absolute atomic E-state index is 12.5. The summed E-state index contributed by atoms with van der Waals surface area (Å²) in [6, 6.07) is 13.3. The molecule has 0 spiro atoms. The molecule has 0 heterocycles. The lowest BCUT2D eigenvalue weighted by Gasteiger charge is -2.11. The highest BCUT2D eigenvalue weighted by atomic mass is 32.2. The average Bonchev–Trinajstić information content (AvgIpc) is 2.61. The molecule has 0 aliphatic carbocycles. The maximum atomic E-state index is 12.5. The molecule has 7 heteroatoms. The Balaban J connectivity index is 2.25. The molecule has 0 atom stereocenters. The quantitative estimate of drug-likeness (QED) is 0.586. The van der Waals surface area contributed by atoms with Crippen molar-refractivity contribution in [3.05, 3.63) is 66.7 Å². The molecule has 5 nitrogen and oxygen atoms in total. The molecular formula is C17H18N2O3S2. The molecule has 0 unspecified atom stereocenters. The van der Waals surface area contributed by atoms with Crippen LogP contribution in [0.3, 0.4) is 0 Å². The summed E-state index contributed by atoms with van der Waals surface area (Å²) >= 11 is 1.56. The van der Waals surface area contributed by atoms with Crippen molar-refractivity contribution in [2.24, 2.45) is 0 Å². The number of amides is 1. The van der Waals surface area contributed by atoms with Gasteiger partial charge in [0.05, 0.1) is 10.6 Å². The van der Waals surface area contributed by atoms with E-state index in [-0.39, 0.29) is 16.4 Å². The lowest BCUT2D eigenvalue weighted by molar-refractivity contribution is 0.102. The zero-order valence-corrected chi connectivity index (χ0v) is 14.8. The topological polar surface area (TPSA) is 75.3 Å². The van der Waals surface area contributed by atoms with Gasteiger partial charge in [-0.3, -0.25) is 4.79 Å². The van der Waals surface area contributed by atoms with Gasteiger partial charge in [-0.1, -0.05) is 24.3 Å². The standard InChI is InChI=1S/C17H18N2O3S2/c1-3-11-23-16-10-5-4-9-15(16)19-17(20)13-7-6-8-14(12-13)24(21,22)18-2/h3-10,12,18H,1,11H2,2H3,(H,19,20). The second-order valence-electron chi connectivity index (χ2n) is 4.79. The molecule has 126 valence electrons. The molecule has 2 N–H and O–H groups in total. The average molecular weight is 362 g/mol. The highest BCUT2D eigenvalue weighted by Gasteiger charge is 2.15. The van der Waals surface area contributed by atoms with Crippen molar-refractivity contribution in [3.8, 4) is 0 Å². The Morgan fingerprint density at radius 3 is 2.67 bits per heavy atom. The lowest BCUT2D eigenvalue weighted by Crippen LogP contribution is -2.19. The van der Waals surface area contributed by atoms with Gasteiger partial charge in [-0.05, 0) is 37.4 Å². The Bertz CT molecular complexity index is 848. The third-order valence-corrected chi connectivity index (χ3v) is 5.65. The first-order valence-corrected chi connectivity index (χ1v) is 9.62. The summed E-state index contributed by atoms with van der Waals surface area (Å²) in [6.45, 7) is 3.68. The van der Waals surface area contributed by atoms with E-state index in [1.807, 2.05) is 18.2 Å². The van der Waals surface area contributed by atoms with E-state index in [0.29, 0.717) is 5.69 Å². The molecule has 0 saturated carbocycles. The molecule has 2 rings (SSSR count). The third-order valence-electron chi connectivity index (χ3n) is 3.17. The van der Waals surface area contributed by atoms with Crippen molar-refractivity contribution in [1.29, 1.82) is 0 Å². The number of carbonyl (C=O) groups is 1. The molecule has 0 aliphatic heterocycles. The predicted octanol–water partition coefficient (Wildman–Crippen LogP) is 3.13. The van der Waals surface area contributed by atoms with Crippen LogP contribution < -0.4 is 10.0 Å².